The van der Waals surface area contributed by atoms with Gasteiger partial charge in [-0.05, 0) is 76.5 Å². The number of esters is 2. The number of fused-ring (bicyclic) bond motifs is 3. The Balaban J connectivity index is 1.72. The Hall–Kier alpha value is -1.91. The van der Waals surface area contributed by atoms with Crippen molar-refractivity contribution in [2.45, 2.75) is 92.3 Å². The molecule has 0 aromatic rings. The molecule has 2 bridgehead atoms. The number of hydrogen-bond donors (Lipinski definition) is 0. The van der Waals surface area contributed by atoms with E-state index in [2.05, 4.69) is 26.0 Å². The SMILES string of the molecule is CC=C(C)C(=O)OC1C2(C)C=CC13CCC1C(C)(C=O)C(OC(C)=O)CCC1(C)C3CC2. The van der Waals surface area contributed by atoms with E-state index in [1.807, 2.05) is 26.8 Å². The van der Waals surface area contributed by atoms with E-state index >= 15 is 0 Å². The second-order valence-corrected chi connectivity index (χ2v) is 11.5. The summed E-state index contributed by atoms with van der Waals surface area (Å²) in [5, 5.41) is 0. The molecule has 3 saturated carbocycles. The van der Waals surface area contributed by atoms with Gasteiger partial charge in [-0.2, -0.15) is 0 Å². The Labute approximate surface area is 192 Å². The molecule has 5 heteroatoms. The molecule has 0 radical (unpaired) electrons. The quantitative estimate of drug-likeness (QED) is 0.260. The molecule has 176 valence electrons. The first-order chi connectivity index (χ1) is 15.0. The molecule has 8 atom stereocenters. The largest absolute Gasteiger partial charge is 0.462 e. The normalized spacial score (nSPS) is 47.2. The molecule has 0 aliphatic heterocycles. The van der Waals surface area contributed by atoms with Crippen LogP contribution >= 0.6 is 0 Å². The van der Waals surface area contributed by atoms with Gasteiger partial charge in [0.05, 0.1) is 5.41 Å². The van der Waals surface area contributed by atoms with E-state index in [4.69, 9.17) is 9.47 Å². The molecule has 0 aromatic heterocycles. The van der Waals surface area contributed by atoms with Gasteiger partial charge in [0, 0.05) is 23.3 Å². The third-order valence-corrected chi connectivity index (χ3v) is 9.87. The zero-order valence-electron chi connectivity index (χ0n) is 20.4. The summed E-state index contributed by atoms with van der Waals surface area (Å²) in [5.41, 5.74) is -0.480. The second kappa shape index (κ2) is 7.56. The highest BCUT2D eigenvalue weighted by Gasteiger charge is 2.70. The molecule has 3 fully saturated rings. The van der Waals surface area contributed by atoms with Gasteiger partial charge in [0.1, 0.15) is 18.5 Å². The Bertz CT molecular complexity index is 888. The van der Waals surface area contributed by atoms with Crippen LogP contribution in [-0.2, 0) is 23.9 Å². The lowest BCUT2D eigenvalue weighted by Crippen LogP contribution is -2.64. The minimum Gasteiger partial charge on any atom is -0.462 e. The molecule has 8 unspecified atom stereocenters. The summed E-state index contributed by atoms with van der Waals surface area (Å²) in [6.07, 6.45) is 12.3. The fourth-order valence-corrected chi connectivity index (χ4v) is 8.12. The van der Waals surface area contributed by atoms with Gasteiger partial charge in [0.15, 0.2) is 0 Å². The smallest absolute Gasteiger partial charge is 0.333 e. The Morgan fingerprint density at radius 2 is 1.62 bits per heavy atom. The Morgan fingerprint density at radius 3 is 2.25 bits per heavy atom. The van der Waals surface area contributed by atoms with Crippen LogP contribution in [0.2, 0.25) is 0 Å². The molecule has 4 aliphatic rings. The number of aldehydes is 1. The third-order valence-electron chi connectivity index (χ3n) is 9.87. The molecular weight excluding hydrogens is 404 g/mol. The minimum atomic E-state index is -0.697. The summed E-state index contributed by atoms with van der Waals surface area (Å²) in [4.78, 5) is 37.0. The van der Waals surface area contributed by atoms with Gasteiger partial charge < -0.3 is 14.3 Å². The topological polar surface area (TPSA) is 69.7 Å². The number of rotatable bonds is 4. The van der Waals surface area contributed by atoms with Crippen molar-refractivity contribution < 1.29 is 23.9 Å². The zero-order valence-corrected chi connectivity index (χ0v) is 20.4. The van der Waals surface area contributed by atoms with Crippen LogP contribution in [0, 0.1) is 33.5 Å². The number of hydrogen-bond acceptors (Lipinski definition) is 5. The minimum absolute atomic E-state index is 0.0825. The zero-order chi connectivity index (χ0) is 23.5. The summed E-state index contributed by atoms with van der Waals surface area (Å²) in [7, 11) is 0. The van der Waals surface area contributed by atoms with Crippen molar-refractivity contribution in [1.82, 2.24) is 0 Å². The van der Waals surface area contributed by atoms with E-state index < -0.39 is 5.41 Å². The van der Waals surface area contributed by atoms with Crippen molar-refractivity contribution in [1.29, 1.82) is 0 Å². The van der Waals surface area contributed by atoms with Crippen molar-refractivity contribution in [3.63, 3.8) is 0 Å². The summed E-state index contributed by atoms with van der Waals surface area (Å²) in [6, 6.07) is 0. The number of allylic oxidation sites excluding steroid dienone is 1. The first kappa shape index (κ1) is 23.3. The summed E-state index contributed by atoms with van der Waals surface area (Å²) < 4.78 is 11.9. The standard InChI is InChI=1S/C27H38O5/c1-7-17(2)22(30)32-23-24(4)11-8-20-25(5)12-10-21(31-18(3)29)26(6,16-28)19(25)9-13-27(20,23)15-14-24/h7,14-16,19-21,23H,8-13H2,1-6H3. The van der Waals surface area contributed by atoms with Gasteiger partial charge in [0.2, 0.25) is 0 Å². The molecule has 32 heavy (non-hydrogen) atoms. The maximum atomic E-state index is 12.8. The average molecular weight is 443 g/mol. The van der Waals surface area contributed by atoms with Gasteiger partial charge in [0.25, 0.3) is 0 Å². The summed E-state index contributed by atoms with van der Waals surface area (Å²) in [5.74, 6) is -0.0940. The molecule has 5 nitrogen and oxygen atoms in total. The van der Waals surface area contributed by atoms with Crippen LogP contribution in [0.5, 0.6) is 0 Å². The molecule has 1 spiro atoms. The third kappa shape index (κ3) is 3.06. The predicted molar refractivity (Wildman–Crippen MR) is 122 cm³/mol. The molecular formula is C27H38O5. The highest BCUT2D eigenvalue weighted by molar-refractivity contribution is 5.88. The van der Waals surface area contributed by atoms with E-state index in [-0.39, 0.29) is 46.3 Å². The highest BCUT2D eigenvalue weighted by atomic mass is 16.5. The van der Waals surface area contributed by atoms with Crippen LogP contribution < -0.4 is 0 Å². The first-order valence-electron chi connectivity index (χ1n) is 12.1. The van der Waals surface area contributed by atoms with Gasteiger partial charge in [-0.25, -0.2) is 4.79 Å². The Morgan fingerprint density at radius 1 is 0.938 bits per heavy atom. The monoisotopic (exact) mass is 442 g/mol. The molecule has 0 amide bonds. The number of carbonyl (C=O) groups is 3. The highest BCUT2D eigenvalue weighted by Crippen LogP contribution is 2.72. The number of carbonyl (C=O) groups excluding carboxylic acids is 3. The van der Waals surface area contributed by atoms with Crippen LogP contribution in [0.15, 0.2) is 23.8 Å². The molecule has 0 saturated heterocycles. The Kier molecular flexibility index (Phi) is 5.50. The fraction of sp³-hybridized carbons (Fsp3) is 0.741. The van der Waals surface area contributed by atoms with E-state index in [9.17, 15) is 14.4 Å². The predicted octanol–water partition coefficient (Wildman–Crippen LogP) is 5.18. The maximum absolute atomic E-state index is 12.8. The van der Waals surface area contributed by atoms with Crippen LogP contribution in [0.3, 0.4) is 0 Å². The van der Waals surface area contributed by atoms with E-state index in [1.165, 1.54) is 6.92 Å². The van der Waals surface area contributed by atoms with Gasteiger partial charge in [-0.1, -0.05) is 32.1 Å². The summed E-state index contributed by atoms with van der Waals surface area (Å²) >= 11 is 0. The van der Waals surface area contributed by atoms with Gasteiger partial charge in [-0.15, -0.1) is 0 Å². The van der Waals surface area contributed by atoms with E-state index in [0.717, 1.165) is 38.4 Å². The second-order valence-electron chi connectivity index (χ2n) is 11.5. The van der Waals surface area contributed by atoms with Crippen LogP contribution in [-0.4, -0.2) is 30.4 Å². The summed E-state index contributed by atoms with van der Waals surface area (Å²) in [6.45, 7) is 11.6. The van der Waals surface area contributed by atoms with Crippen molar-refractivity contribution >= 4 is 18.2 Å². The molecule has 0 heterocycles. The lowest BCUT2D eigenvalue weighted by atomic mass is 9.39. The fourth-order valence-electron chi connectivity index (χ4n) is 8.12. The van der Waals surface area contributed by atoms with Crippen LogP contribution in [0.1, 0.15) is 80.1 Å². The van der Waals surface area contributed by atoms with Crippen molar-refractivity contribution in [2.24, 2.45) is 33.5 Å². The van der Waals surface area contributed by atoms with Gasteiger partial charge in [-0.3, -0.25) is 4.79 Å². The first-order valence-corrected chi connectivity index (χ1v) is 12.1. The lowest BCUT2D eigenvalue weighted by Gasteiger charge is -2.66. The van der Waals surface area contributed by atoms with Crippen LogP contribution in [0.4, 0.5) is 0 Å². The lowest BCUT2D eigenvalue weighted by molar-refractivity contribution is -0.218. The average Bonchev–Trinajstić information content (AvgIpc) is 2.90. The maximum Gasteiger partial charge on any atom is 0.333 e. The molecule has 4 rings (SSSR count). The van der Waals surface area contributed by atoms with Crippen molar-refractivity contribution in [2.75, 3.05) is 0 Å². The van der Waals surface area contributed by atoms with Crippen molar-refractivity contribution in [3.8, 4) is 0 Å². The van der Waals surface area contributed by atoms with Gasteiger partial charge >= 0.3 is 11.9 Å². The van der Waals surface area contributed by atoms with E-state index in [0.29, 0.717) is 17.9 Å². The van der Waals surface area contributed by atoms with E-state index in [1.54, 1.807) is 0 Å². The molecule has 0 aromatic carbocycles. The number of ether oxygens (including phenoxy) is 2. The molecule has 4 aliphatic carbocycles. The van der Waals surface area contributed by atoms with Crippen LogP contribution in [0.25, 0.3) is 0 Å². The van der Waals surface area contributed by atoms with Crippen molar-refractivity contribution in [3.05, 3.63) is 23.8 Å². The molecule has 0 N–H and O–H groups in total.